The number of anilines is 2. The van der Waals surface area contributed by atoms with E-state index in [2.05, 4.69) is 0 Å². The Kier molecular flexibility index (Phi) is 4.33. The molecule has 0 radical (unpaired) electrons. The third-order valence-corrected chi connectivity index (χ3v) is 4.13. The van der Waals surface area contributed by atoms with Crippen LogP contribution in [-0.2, 0) is 0 Å². The van der Waals surface area contributed by atoms with Crippen LogP contribution in [0.3, 0.4) is 0 Å². The van der Waals surface area contributed by atoms with Crippen LogP contribution in [0.2, 0.25) is 0 Å². The Labute approximate surface area is 150 Å². The van der Waals surface area contributed by atoms with Crippen LogP contribution in [0.1, 0.15) is 20.7 Å². The number of hydrogen-bond acceptors (Lipinski definition) is 4. The van der Waals surface area contributed by atoms with Crippen molar-refractivity contribution in [3.8, 4) is 22.3 Å². The van der Waals surface area contributed by atoms with Crippen LogP contribution in [0.15, 0.2) is 60.7 Å². The minimum atomic E-state index is -0.572. The van der Waals surface area contributed by atoms with Gasteiger partial charge in [0.1, 0.15) is 0 Å². The van der Waals surface area contributed by atoms with E-state index in [-0.39, 0.29) is 0 Å². The van der Waals surface area contributed by atoms with Gasteiger partial charge in [0, 0.05) is 22.5 Å². The molecule has 0 bridgehead atoms. The lowest BCUT2D eigenvalue weighted by Crippen LogP contribution is -2.14. The Balaban J connectivity index is 2.34. The van der Waals surface area contributed by atoms with E-state index in [9.17, 15) is 9.59 Å². The highest BCUT2D eigenvalue weighted by Gasteiger charge is 2.18. The van der Waals surface area contributed by atoms with Gasteiger partial charge in [-0.05, 0) is 58.7 Å². The van der Waals surface area contributed by atoms with E-state index in [1.54, 1.807) is 36.4 Å². The van der Waals surface area contributed by atoms with Crippen molar-refractivity contribution in [1.29, 1.82) is 0 Å². The van der Waals surface area contributed by atoms with Crippen molar-refractivity contribution >= 4 is 23.2 Å². The number of carbonyl (C=O) groups excluding carboxylic acids is 2. The summed E-state index contributed by atoms with van der Waals surface area (Å²) >= 11 is 0. The second kappa shape index (κ2) is 6.60. The summed E-state index contributed by atoms with van der Waals surface area (Å²) < 4.78 is 0. The van der Waals surface area contributed by atoms with Crippen molar-refractivity contribution in [2.45, 2.75) is 0 Å². The molecule has 2 amide bonds. The van der Waals surface area contributed by atoms with Crippen molar-refractivity contribution in [2.75, 3.05) is 11.5 Å². The maximum Gasteiger partial charge on any atom is 0.249 e. The van der Waals surface area contributed by atoms with E-state index in [0.29, 0.717) is 44.8 Å². The van der Waals surface area contributed by atoms with Crippen molar-refractivity contribution in [3.05, 3.63) is 71.8 Å². The molecule has 0 spiro atoms. The summed E-state index contributed by atoms with van der Waals surface area (Å²) in [6, 6.07) is 17.0. The zero-order valence-corrected chi connectivity index (χ0v) is 13.9. The van der Waals surface area contributed by atoms with Crippen LogP contribution in [-0.4, -0.2) is 11.8 Å². The molecule has 26 heavy (non-hydrogen) atoms. The largest absolute Gasteiger partial charge is 0.399 e. The van der Waals surface area contributed by atoms with Gasteiger partial charge in [-0.15, -0.1) is 0 Å². The highest BCUT2D eigenvalue weighted by Crippen LogP contribution is 2.37. The number of amides is 2. The Morgan fingerprint density at radius 2 is 0.962 bits per heavy atom. The van der Waals surface area contributed by atoms with Gasteiger partial charge in [-0.1, -0.05) is 24.3 Å². The molecule has 0 aliphatic heterocycles. The maximum absolute atomic E-state index is 11.9. The summed E-state index contributed by atoms with van der Waals surface area (Å²) in [5.41, 5.74) is 27.0. The van der Waals surface area contributed by atoms with Crippen molar-refractivity contribution < 1.29 is 9.59 Å². The number of nitrogen functional groups attached to an aromatic ring is 2. The first kappa shape index (κ1) is 17.0. The van der Waals surface area contributed by atoms with Gasteiger partial charge in [0.05, 0.1) is 0 Å². The SMILES string of the molecule is NC(=O)c1ccc(N)cc1-c1ccccc1-c1cc(N)ccc1C(N)=O. The fourth-order valence-electron chi connectivity index (χ4n) is 2.95. The molecule has 0 saturated heterocycles. The predicted molar refractivity (Wildman–Crippen MR) is 103 cm³/mol. The molecular formula is C20H18N4O2. The van der Waals surface area contributed by atoms with Gasteiger partial charge in [0.15, 0.2) is 0 Å². The molecule has 6 nitrogen and oxygen atoms in total. The maximum atomic E-state index is 11.9. The number of primary amides is 2. The highest BCUT2D eigenvalue weighted by atomic mass is 16.1. The molecule has 130 valence electrons. The first-order valence-corrected chi connectivity index (χ1v) is 7.87. The van der Waals surface area contributed by atoms with Crippen molar-refractivity contribution in [3.63, 3.8) is 0 Å². The van der Waals surface area contributed by atoms with E-state index in [1.807, 2.05) is 24.3 Å². The lowest BCUT2D eigenvalue weighted by Gasteiger charge is -2.15. The van der Waals surface area contributed by atoms with Gasteiger partial charge < -0.3 is 22.9 Å². The standard InChI is InChI=1S/C20H18N4O2/c21-11-5-7-15(19(23)25)17(9-11)13-3-1-2-4-14(13)18-10-12(22)6-8-16(18)20(24)26/h1-10H,21-22H2,(H2,23,25)(H2,24,26). The zero-order valence-electron chi connectivity index (χ0n) is 13.9. The molecule has 0 aliphatic rings. The van der Waals surface area contributed by atoms with Crippen LogP contribution < -0.4 is 22.9 Å². The quantitative estimate of drug-likeness (QED) is 0.539. The second-order valence-electron chi connectivity index (χ2n) is 5.88. The van der Waals surface area contributed by atoms with Crippen LogP contribution in [0.25, 0.3) is 22.3 Å². The number of benzene rings is 3. The topological polar surface area (TPSA) is 138 Å². The summed E-state index contributed by atoms with van der Waals surface area (Å²) in [5.74, 6) is -1.14. The Bertz CT molecular complexity index is 946. The number of rotatable bonds is 4. The first-order chi connectivity index (χ1) is 12.4. The van der Waals surface area contributed by atoms with Gasteiger partial charge in [-0.3, -0.25) is 9.59 Å². The monoisotopic (exact) mass is 346 g/mol. The van der Waals surface area contributed by atoms with E-state index in [4.69, 9.17) is 22.9 Å². The summed E-state index contributed by atoms with van der Waals surface area (Å²) in [7, 11) is 0. The molecule has 0 aromatic heterocycles. The molecule has 0 unspecified atom stereocenters. The Morgan fingerprint density at radius 1 is 0.577 bits per heavy atom. The van der Waals surface area contributed by atoms with Gasteiger partial charge in [-0.25, -0.2) is 0 Å². The third-order valence-electron chi connectivity index (χ3n) is 4.13. The van der Waals surface area contributed by atoms with E-state index in [0.717, 1.165) is 0 Å². The molecule has 3 aromatic carbocycles. The lowest BCUT2D eigenvalue weighted by molar-refractivity contribution is 0.0992. The third kappa shape index (κ3) is 3.08. The Morgan fingerprint density at radius 3 is 1.31 bits per heavy atom. The minimum Gasteiger partial charge on any atom is -0.399 e. The van der Waals surface area contributed by atoms with Gasteiger partial charge in [-0.2, -0.15) is 0 Å². The molecule has 3 rings (SSSR count). The Hall–Kier alpha value is -3.80. The summed E-state index contributed by atoms with van der Waals surface area (Å²) in [6.45, 7) is 0. The zero-order chi connectivity index (χ0) is 18.8. The van der Waals surface area contributed by atoms with Crippen LogP contribution in [0, 0.1) is 0 Å². The smallest absolute Gasteiger partial charge is 0.249 e. The summed E-state index contributed by atoms with van der Waals surface area (Å²) in [6.07, 6.45) is 0. The summed E-state index contributed by atoms with van der Waals surface area (Å²) in [4.78, 5) is 23.7. The van der Waals surface area contributed by atoms with Gasteiger partial charge in [0.2, 0.25) is 11.8 Å². The van der Waals surface area contributed by atoms with Crippen LogP contribution >= 0.6 is 0 Å². The number of hydrogen-bond donors (Lipinski definition) is 4. The fraction of sp³-hybridized carbons (Fsp3) is 0. The van der Waals surface area contributed by atoms with Crippen LogP contribution in [0.4, 0.5) is 11.4 Å². The molecule has 0 fully saturated rings. The average molecular weight is 346 g/mol. The fourth-order valence-corrected chi connectivity index (χ4v) is 2.95. The van der Waals surface area contributed by atoms with Crippen LogP contribution in [0.5, 0.6) is 0 Å². The number of carbonyl (C=O) groups is 2. The molecule has 0 aliphatic carbocycles. The van der Waals surface area contributed by atoms with Gasteiger partial charge >= 0.3 is 0 Å². The molecular weight excluding hydrogens is 328 g/mol. The summed E-state index contributed by atoms with van der Waals surface area (Å²) in [5, 5.41) is 0. The number of nitrogens with two attached hydrogens (primary N) is 4. The normalized spacial score (nSPS) is 10.5. The van der Waals surface area contributed by atoms with E-state index < -0.39 is 11.8 Å². The van der Waals surface area contributed by atoms with Crippen molar-refractivity contribution in [1.82, 2.24) is 0 Å². The lowest BCUT2D eigenvalue weighted by atomic mass is 9.89. The van der Waals surface area contributed by atoms with E-state index >= 15 is 0 Å². The molecule has 3 aromatic rings. The molecule has 0 atom stereocenters. The first-order valence-electron chi connectivity index (χ1n) is 7.87. The molecule has 8 N–H and O–H groups in total. The minimum absolute atomic E-state index is 0.330. The van der Waals surface area contributed by atoms with Gasteiger partial charge in [0.25, 0.3) is 0 Å². The molecule has 0 saturated carbocycles. The van der Waals surface area contributed by atoms with Crippen molar-refractivity contribution in [2.24, 2.45) is 11.5 Å². The molecule has 0 heterocycles. The highest BCUT2D eigenvalue weighted by molar-refractivity contribution is 6.06. The second-order valence-corrected chi connectivity index (χ2v) is 5.88. The average Bonchev–Trinajstić information content (AvgIpc) is 2.61. The molecule has 6 heteroatoms. The predicted octanol–water partition coefficient (Wildman–Crippen LogP) is 2.38. The van der Waals surface area contributed by atoms with E-state index in [1.165, 1.54) is 0 Å².